The largest absolute Gasteiger partial charge is 0.459 e. The summed E-state index contributed by atoms with van der Waals surface area (Å²) in [5.41, 5.74) is -1.26. The lowest BCUT2D eigenvalue weighted by Crippen LogP contribution is -2.56. The molecule has 0 aromatic carbocycles. The molecule has 2 rings (SSSR count). The highest BCUT2D eigenvalue weighted by Gasteiger charge is 2.48. The van der Waals surface area contributed by atoms with E-state index in [2.05, 4.69) is 32.7 Å². The van der Waals surface area contributed by atoms with Gasteiger partial charge < -0.3 is 29.5 Å². The molecule has 2 aliphatic heterocycles. The van der Waals surface area contributed by atoms with Crippen LogP contribution in [0.5, 0.6) is 0 Å². The molecule has 2 saturated heterocycles. The van der Waals surface area contributed by atoms with Crippen molar-refractivity contribution in [3.05, 3.63) is 0 Å². The van der Waals surface area contributed by atoms with Gasteiger partial charge in [0.1, 0.15) is 17.8 Å². The highest BCUT2D eigenvalue weighted by molar-refractivity contribution is 5.89. The maximum Gasteiger partial charge on any atom is 0.309 e. The lowest BCUT2D eigenvalue weighted by atomic mass is 9.67. The fraction of sp³-hybridized carbons (Fsp3) is 0.933. The number of hydrogen-bond donors (Lipinski definition) is 3. The molecule has 222 valence electrons. The van der Waals surface area contributed by atoms with Crippen LogP contribution >= 0.6 is 0 Å². The second-order valence-corrected chi connectivity index (χ2v) is 13.1. The van der Waals surface area contributed by atoms with Crippen LogP contribution in [0.1, 0.15) is 94.9 Å². The van der Waals surface area contributed by atoms with E-state index in [1.807, 2.05) is 34.6 Å². The van der Waals surface area contributed by atoms with E-state index in [-0.39, 0.29) is 30.0 Å². The first-order valence-corrected chi connectivity index (χ1v) is 14.6. The van der Waals surface area contributed by atoms with Crippen molar-refractivity contribution in [2.24, 2.45) is 40.0 Å². The van der Waals surface area contributed by atoms with Gasteiger partial charge in [-0.25, -0.2) is 0 Å². The van der Waals surface area contributed by atoms with E-state index in [1.165, 1.54) is 0 Å². The van der Waals surface area contributed by atoms with E-state index in [0.29, 0.717) is 19.3 Å². The van der Waals surface area contributed by atoms with Gasteiger partial charge in [0.2, 0.25) is 0 Å². The van der Waals surface area contributed by atoms with Crippen molar-refractivity contribution in [1.29, 1.82) is 0 Å². The lowest BCUT2D eigenvalue weighted by molar-refractivity contribution is -0.277. The molecule has 0 aromatic rings. The van der Waals surface area contributed by atoms with Crippen LogP contribution in [-0.2, 0) is 19.0 Å². The van der Waals surface area contributed by atoms with Crippen LogP contribution in [0.2, 0.25) is 0 Å². The quantitative estimate of drug-likeness (QED) is 0.454. The van der Waals surface area contributed by atoms with Gasteiger partial charge in [0.15, 0.2) is 6.29 Å². The van der Waals surface area contributed by atoms with Gasteiger partial charge in [-0.15, -0.1) is 0 Å². The summed E-state index contributed by atoms with van der Waals surface area (Å²) >= 11 is 0. The summed E-state index contributed by atoms with van der Waals surface area (Å²) in [6.45, 7) is 19.6. The fourth-order valence-electron chi connectivity index (χ4n) is 6.77. The molecule has 0 saturated carbocycles. The lowest BCUT2D eigenvalue weighted by Gasteiger charge is -2.47. The molecule has 2 heterocycles. The number of carbonyl (C=O) groups excluding carboxylic acids is 1. The van der Waals surface area contributed by atoms with Crippen molar-refractivity contribution in [2.75, 3.05) is 7.05 Å². The molecule has 3 N–H and O–H groups in total. The molecule has 0 aromatic heterocycles. The van der Waals surface area contributed by atoms with E-state index in [0.717, 1.165) is 12.1 Å². The first-order valence-electron chi connectivity index (χ1n) is 14.6. The zero-order valence-electron chi connectivity index (χ0n) is 25.6. The SMILES string of the molecule is CC[C@H]1OC(=O)[C@H](C)[C@@H](C)[C@H](C)[C@@H](OC2O[C@H](C)CC[C@H]2O)C(C)(C)C[C@@H](C)C(=NC)[C@H](C)[C@@H](O)[C@]1(C)O. The number of nitrogens with zero attached hydrogens (tertiary/aromatic N) is 1. The second-order valence-electron chi connectivity index (χ2n) is 13.1. The van der Waals surface area contributed by atoms with Gasteiger partial charge in [0, 0.05) is 18.7 Å². The Morgan fingerprint density at radius 1 is 1.00 bits per heavy atom. The number of aliphatic hydroxyl groups is 3. The van der Waals surface area contributed by atoms with Crippen LogP contribution < -0.4 is 0 Å². The molecule has 0 spiro atoms. The molecule has 8 nitrogen and oxygen atoms in total. The van der Waals surface area contributed by atoms with Crippen molar-refractivity contribution in [3.8, 4) is 0 Å². The monoisotopic (exact) mass is 541 g/mol. The highest BCUT2D eigenvalue weighted by atomic mass is 16.7. The molecule has 38 heavy (non-hydrogen) atoms. The van der Waals surface area contributed by atoms with Crippen LogP contribution in [0, 0.1) is 35.0 Å². The first-order chi connectivity index (χ1) is 17.5. The van der Waals surface area contributed by atoms with Crippen LogP contribution in [-0.4, -0.2) is 76.5 Å². The number of esters is 1. The third kappa shape index (κ3) is 7.17. The molecular formula is C30H55NO7. The standard InChI is InChI=1S/C30H55NO7/c1-12-23-30(10,35)25(33)21(7)24(31-11)16(2)15-29(8,9)26(19(5)18(4)20(6)27(34)37-23)38-28-22(32)14-13-17(3)36-28/h16-23,25-26,28,32-33,35H,12-15H2,1-11H3/t16-,17-,18+,19+,20-,21+,22-,23-,25-,26-,28?,30-/m1/s1. The van der Waals surface area contributed by atoms with Gasteiger partial charge >= 0.3 is 5.97 Å². The highest BCUT2D eigenvalue weighted by Crippen LogP contribution is 2.43. The van der Waals surface area contributed by atoms with Gasteiger partial charge in [0.05, 0.1) is 24.2 Å². The summed E-state index contributed by atoms with van der Waals surface area (Å²) in [5.74, 6) is -1.59. The smallest absolute Gasteiger partial charge is 0.309 e. The summed E-state index contributed by atoms with van der Waals surface area (Å²) in [4.78, 5) is 17.9. The minimum atomic E-state index is -1.65. The number of aliphatic imine (C=N–C) groups is 1. The molecule has 0 amide bonds. The first kappa shape index (κ1) is 33.1. The van der Waals surface area contributed by atoms with Crippen molar-refractivity contribution in [3.63, 3.8) is 0 Å². The van der Waals surface area contributed by atoms with E-state index in [1.54, 1.807) is 14.0 Å². The number of cyclic esters (lactones) is 1. The Hall–Kier alpha value is -1.06. The fourth-order valence-corrected chi connectivity index (χ4v) is 6.77. The Kier molecular flexibility index (Phi) is 11.4. The van der Waals surface area contributed by atoms with Gasteiger partial charge in [-0.1, -0.05) is 55.4 Å². The van der Waals surface area contributed by atoms with Gasteiger partial charge in [-0.3, -0.25) is 9.79 Å². The third-order valence-corrected chi connectivity index (χ3v) is 9.48. The average molecular weight is 542 g/mol. The zero-order chi connectivity index (χ0) is 29.2. The average Bonchev–Trinajstić information content (AvgIpc) is 2.84. The van der Waals surface area contributed by atoms with Crippen LogP contribution in [0.3, 0.4) is 0 Å². The molecule has 0 radical (unpaired) electrons. The zero-order valence-corrected chi connectivity index (χ0v) is 25.6. The second kappa shape index (κ2) is 13.1. The molecule has 1 unspecified atom stereocenters. The van der Waals surface area contributed by atoms with Gasteiger partial charge in [-0.2, -0.15) is 0 Å². The number of ether oxygens (including phenoxy) is 3. The summed E-state index contributed by atoms with van der Waals surface area (Å²) in [6.07, 6.45) is -1.42. The van der Waals surface area contributed by atoms with Crippen LogP contribution in [0.25, 0.3) is 0 Å². The predicted octanol–water partition coefficient (Wildman–Crippen LogP) is 4.37. The molecule has 12 atom stereocenters. The van der Waals surface area contributed by atoms with E-state index < -0.39 is 53.4 Å². The van der Waals surface area contributed by atoms with Crippen molar-refractivity contribution in [1.82, 2.24) is 0 Å². The molecule has 0 aliphatic carbocycles. The summed E-state index contributed by atoms with van der Waals surface area (Å²) in [7, 11) is 1.71. The van der Waals surface area contributed by atoms with E-state index in [4.69, 9.17) is 14.2 Å². The summed E-state index contributed by atoms with van der Waals surface area (Å²) < 4.78 is 18.6. The maximum absolute atomic E-state index is 13.4. The Balaban J connectivity index is 2.57. The Bertz CT molecular complexity index is 812. The van der Waals surface area contributed by atoms with E-state index >= 15 is 0 Å². The van der Waals surface area contributed by atoms with Gasteiger partial charge in [0.25, 0.3) is 0 Å². The number of carbonyl (C=O) groups is 1. The van der Waals surface area contributed by atoms with Crippen molar-refractivity contribution < 1.29 is 34.3 Å². The Morgan fingerprint density at radius 2 is 1.61 bits per heavy atom. The van der Waals surface area contributed by atoms with E-state index in [9.17, 15) is 20.1 Å². The van der Waals surface area contributed by atoms with Crippen molar-refractivity contribution in [2.45, 2.75) is 137 Å². The normalized spacial score (nSPS) is 46.8. The number of hydrogen-bond acceptors (Lipinski definition) is 8. The molecular weight excluding hydrogens is 486 g/mol. The van der Waals surface area contributed by atoms with Crippen molar-refractivity contribution >= 4 is 11.7 Å². The minimum absolute atomic E-state index is 0.00879. The third-order valence-electron chi connectivity index (χ3n) is 9.48. The summed E-state index contributed by atoms with van der Waals surface area (Å²) in [5, 5.41) is 33.5. The number of rotatable bonds is 3. The molecule has 0 bridgehead atoms. The van der Waals surface area contributed by atoms with Crippen LogP contribution in [0.15, 0.2) is 4.99 Å². The summed E-state index contributed by atoms with van der Waals surface area (Å²) in [6, 6.07) is 0. The molecule has 8 heteroatoms. The van der Waals surface area contributed by atoms with Gasteiger partial charge in [-0.05, 0) is 62.7 Å². The Labute approximate surface area is 230 Å². The minimum Gasteiger partial charge on any atom is -0.459 e. The predicted molar refractivity (Wildman–Crippen MR) is 149 cm³/mol. The Morgan fingerprint density at radius 3 is 2.16 bits per heavy atom. The maximum atomic E-state index is 13.4. The molecule has 2 aliphatic rings. The number of aliphatic hydroxyl groups excluding tert-OH is 2. The topological polar surface area (TPSA) is 118 Å². The van der Waals surface area contributed by atoms with Crippen LogP contribution in [0.4, 0.5) is 0 Å². The molecule has 2 fully saturated rings.